The Balaban J connectivity index is 1.31. The van der Waals surface area contributed by atoms with Gasteiger partial charge in [-0.25, -0.2) is 19.9 Å². The van der Waals surface area contributed by atoms with Crippen molar-refractivity contribution in [3.63, 3.8) is 0 Å². The third-order valence-electron chi connectivity index (χ3n) is 6.30. The van der Waals surface area contributed by atoms with Crippen LogP contribution in [0, 0.1) is 6.92 Å². The first kappa shape index (κ1) is 25.1. The Bertz CT molecular complexity index is 1500. The lowest BCUT2D eigenvalue weighted by Crippen LogP contribution is -2.14. The van der Waals surface area contributed by atoms with Gasteiger partial charge in [0.05, 0.1) is 36.8 Å². The van der Waals surface area contributed by atoms with Crippen LogP contribution in [0.3, 0.4) is 0 Å². The summed E-state index contributed by atoms with van der Waals surface area (Å²) in [5, 5.41) is 4.42. The number of methoxy groups -OCH3 is 1. The van der Waals surface area contributed by atoms with E-state index in [1.54, 1.807) is 25.6 Å². The van der Waals surface area contributed by atoms with Gasteiger partial charge < -0.3 is 19.5 Å². The summed E-state index contributed by atoms with van der Waals surface area (Å²) < 4.78 is 10.8. The molecule has 10 heteroatoms. The number of hydrogen-bond acceptors (Lipinski definition) is 9. The van der Waals surface area contributed by atoms with Crippen molar-refractivity contribution in [2.45, 2.75) is 45.1 Å². The SMILES string of the molecule is COc1cc2nc(C)ccc2cc1-c1cnc(C(CCCCCC(=O)c2ncco2)Nc2ncccn2)[nH]1. The summed E-state index contributed by atoms with van der Waals surface area (Å²) in [6, 6.07) is 9.69. The van der Waals surface area contributed by atoms with Crippen molar-refractivity contribution in [2.75, 3.05) is 12.4 Å². The van der Waals surface area contributed by atoms with Gasteiger partial charge in [-0.2, -0.15) is 0 Å². The van der Waals surface area contributed by atoms with Crippen LogP contribution in [0.1, 0.15) is 60.3 Å². The number of ketones is 1. The molecular weight excluding hydrogens is 482 g/mol. The quantitative estimate of drug-likeness (QED) is 0.160. The Morgan fingerprint density at radius 3 is 2.74 bits per heavy atom. The minimum atomic E-state index is -0.149. The van der Waals surface area contributed by atoms with Crippen molar-refractivity contribution in [3.8, 4) is 17.0 Å². The molecule has 10 nitrogen and oxygen atoms in total. The first-order valence-corrected chi connectivity index (χ1v) is 12.6. The van der Waals surface area contributed by atoms with Crippen molar-refractivity contribution in [1.82, 2.24) is 29.9 Å². The zero-order valence-corrected chi connectivity index (χ0v) is 21.3. The minimum absolute atomic E-state index is 0.0762. The number of unbranched alkanes of at least 4 members (excludes halogenated alkanes) is 2. The fourth-order valence-electron chi connectivity index (χ4n) is 4.37. The molecule has 0 spiro atoms. The van der Waals surface area contributed by atoms with Crippen molar-refractivity contribution in [1.29, 1.82) is 0 Å². The number of pyridine rings is 1. The number of carbonyl (C=O) groups excluding carboxylic acids is 1. The Morgan fingerprint density at radius 1 is 1.08 bits per heavy atom. The van der Waals surface area contributed by atoms with Gasteiger partial charge in [0, 0.05) is 41.5 Å². The van der Waals surface area contributed by atoms with E-state index >= 15 is 0 Å². The number of nitrogens with one attached hydrogen (secondary N) is 2. The molecule has 0 amide bonds. The molecule has 0 saturated carbocycles. The van der Waals surface area contributed by atoms with Gasteiger partial charge in [0.15, 0.2) is 0 Å². The van der Waals surface area contributed by atoms with Crippen LogP contribution in [0.5, 0.6) is 5.75 Å². The summed E-state index contributed by atoms with van der Waals surface area (Å²) in [5.41, 5.74) is 3.59. The van der Waals surface area contributed by atoms with E-state index in [1.165, 1.54) is 12.5 Å². The Kier molecular flexibility index (Phi) is 7.67. The molecule has 38 heavy (non-hydrogen) atoms. The van der Waals surface area contributed by atoms with Gasteiger partial charge in [-0.15, -0.1) is 0 Å². The van der Waals surface area contributed by atoms with Gasteiger partial charge in [-0.1, -0.05) is 18.9 Å². The molecule has 0 bridgehead atoms. The first-order chi connectivity index (χ1) is 18.6. The zero-order chi connectivity index (χ0) is 26.3. The predicted molar refractivity (Wildman–Crippen MR) is 143 cm³/mol. The van der Waals surface area contributed by atoms with Gasteiger partial charge in [0.25, 0.3) is 5.89 Å². The molecule has 0 fully saturated rings. The number of hydrogen-bond donors (Lipinski definition) is 2. The van der Waals surface area contributed by atoms with Crippen LogP contribution in [0.15, 0.2) is 65.8 Å². The van der Waals surface area contributed by atoms with Gasteiger partial charge in [-0.05, 0) is 38.0 Å². The summed E-state index contributed by atoms with van der Waals surface area (Å²) >= 11 is 0. The number of ether oxygens (including phenoxy) is 1. The van der Waals surface area contributed by atoms with Crippen LogP contribution in [0.2, 0.25) is 0 Å². The highest BCUT2D eigenvalue weighted by atomic mass is 16.5. The molecule has 0 aliphatic heterocycles. The number of aryl methyl sites for hydroxylation is 1. The average Bonchev–Trinajstić information content (AvgIpc) is 3.65. The fraction of sp³-hybridized carbons (Fsp3) is 0.286. The summed E-state index contributed by atoms with van der Waals surface area (Å²) in [6.07, 6.45) is 11.8. The highest BCUT2D eigenvalue weighted by Crippen LogP contribution is 2.34. The van der Waals surface area contributed by atoms with E-state index in [4.69, 9.17) is 14.1 Å². The lowest BCUT2D eigenvalue weighted by Gasteiger charge is -2.16. The minimum Gasteiger partial charge on any atom is -0.496 e. The van der Waals surface area contributed by atoms with Gasteiger partial charge in [0.1, 0.15) is 17.8 Å². The zero-order valence-electron chi connectivity index (χ0n) is 21.3. The number of fused-ring (bicyclic) bond motifs is 1. The summed E-state index contributed by atoms with van der Waals surface area (Å²) in [7, 11) is 1.65. The number of nitrogens with zero attached hydrogens (tertiary/aromatic N) is 5. The molecule has 5 rings (SSSR count). The van der Waals surface area contributed by atoms with E-state index in [1.807, 2.05) is 25.3 Å². The lowest BCUT2D eigenvalue weighted by molar-refractivity contribution is 0.0945. The molecule has 5 aromatic rings. The van der Waals surface area contributed by atoms with Crippen LogP contribution < -0.4 is 10.1 Å². The molecule has 4 heterocycles. The second kappa shape index (κ2) is 11.6. The van der Waals surface area contributed by atoms with E-state index in [0.717, 1.165) is 65.1 Å². The predicted octanol–water partition coefficient (Wildman–Crippen LogP) is 5.71. The number of benzene rings is 1. The standard InChI is InChI=1S/C28H29N7O3/c1-18-9-10-19-15-20(25(37-2)16-22(19)33-18)23-17-32-26(34-23)21(35-28-30-11-6-12-31-28)7-4-3-5-8-24(36)27-29-13-14-38-27/h6,9-17,21H,3-5,7-8H2,1-2H3,(H,32,34)(H,30,31,35). The number of aromatic amines is 1. The maximum absolute atomic E-state index is 12.1. The molecule has 4 aromatic heterocycles. The average molecular weight is 512 g/mol. The maximum Gasteiger partial charge on any atom is 0.263 e. The third kappa shape index (κ3) is 5.86. The second-order valence-corrected chi connectivity index (χ2v) is 9.01. The van der Waals surface area contributed by atoms with Crippen molar-refractivity contribution < 1.29 is 13.9 Å². The van der Waals surface area contributed by atoms with Crippen LogP contribution in [0.25, 0.3) is 22.2 Å². The maximum atomic E-state index is 12.1. The van der Waals surface area contributed by atoms with E-state index in [2.05, 4.69) is 42.4 Å². The molecule has 2 N–H and O–H groups in total. The van der Waals surface area contributed by atoms with E-state index in [-0.39, 0.29) is 17.7 Å². The van der Waals surface area contributed by atoms with Crippen molar-refractivity contribution in [3.05, 3.63) is 78.8 Å². The molecule has 194 valence electrons. The Labute approximate surface area is 219 Å². The molecule has 0 radical (unpaired) electrons. The summed E-state index contributed by atoms with van der Waals surface area (Å²) in [4.78, 5) is 37.5. The number of oxazole rings is 1. The van der Waals surface area contributed by atoms with Gasteiger partial charge in [0.2, 0.25) is 11.7 Å². The van der Waals surface area contributed by atoms with Crippen LogP contribution >= 0.6 is 0 Å². The molecular formula is C28H29N7O3. The highest BCUT2D eigenvalue weighted by molar-refractivity contribution is 5.91. The highest BCUT2D eigenvalue weighted by Gasteiger charge is 2.19. The Hall–Kier alpha value is -4.60. The number of rotatable bonds is 12. The molecule has 1 aromatic carbocycles. The smallest absolute Gasteiger partial charge is 0.263 e. The number of H-pyrrole nitrogens is 1. The normalized spacial score (nSPS) is 11.9. The second-order valence-electron chi connectivity index (χ2n) is 9.01. The number of anilines is 1. The van der Waals surface area contributed by atoms with Crippen molar-refractivity contribution >= 4 is 22.6 Å². The summed E-state index contributed by atoms with van der Waals surface area (Å²) in [5.74, 6) is 2.11. The summed E-state index contributed by atoms with van der Waals surface area (Å²) in [6.45, 7) is 1.97. The van der Waals surface area contributed by atoms with E-state index in [0.29, 0.717) is 12.4 Å². The van der Waals surface area contributed by atoms with E-state index in [9.17, 15) is 4.79 Å². The van der Waals surface area contributed by atoms with Crippen LogP contribution in [-0.2, 0) is 0 Å². The monoisotopic (exact) mass is 511 g/mol. The Morgan fingerprint density at radius 2 is 1.95 bits per heavy atom. The van der Waals surface area contributed by atoms with E-state index < -0.39 is 0 Å². The topological polar surface area (TPSA) is 132 Å². The number of carbonyl (C=O) groups is 1. The fourth-order valence-corrected chi connectivity index (χ4v) is 4.37. The van der Waals surface area contributed by atoms with Crippen LogP contribution in [-0.4, -0.2) is 42.8 Å². The molecule has 0 aliphatic rings. The van der Waals surface area contributed by atoms with Gasteiger partial charge >= 0.3 is 0 Å². The van der Waals surface area contributed by atoms with Crippen LogP contribution in [0.4, 0.5) is 5.95 Å². The molecule has 1 unspecified atom stereocenters. The third-order valence-corrected chi connectivity index (χ3v) is 6.30. The van der Waals surface area contributed by atoms with Crippen molar-refractivity contribution in [2.24, 2.45) is 0 Å². The molecule has 1 atom stereocenters. The lowest BCUT2D eigenvalue weighted by atomic mass is 10.1. The number of Topliss-reactive ketones (excluding diaryl/α,β-unsaturated/α-hetero) is 1. The molecule has 0 saturated heterocycles. The number of aromatic nitrogens is 6. The first-order valence-electron chi connectivity index (χ1n) is 12.6. The van der Waals surface area contributed by atoms with Gasteiger partial charge in [-0.3, -0.25) is 9.78 Å². The largest absolute Gasteiger partial charge is 0.496 e. The molecule has 0 aliphatic carbocycles. The number of imidazole rings is 1.